The average molecular weight is 469 g/mol. The van der Waals surface area contributed by atoms with Crippen LogP contribution in [0.15, 0.2) is 32.8 Å². The summed E-state index contributed by atoms with van der Waals surface area (Å²) >= 11 is 2.84. The van der Waals surface area contributed by atoms with Crippen LogP contribution in [0.2, 0.25) is 0 Å². The third-order valence-corrected chi connectivity index (χ3v) is 8.48. The molecule has 0 aromatic carbocycles. The summed E-state index contributed by atoms with van der Waals surface area (Å²) in [7, 11) is 0. The Bertz CT molecular complexity index is 1250. The summed E-state index contributed by atoms with van der Waals surface area (Å²) in [5, 5.41) is 13.7. The van der Waals surface area contributed by atoms with Gasteiger partial charge >= 0.3 is 0 Å². The zero-order valence-electron chi connectivity index (χ0n) is 17.7. The van der Waals surface area contributed by atoms with Crippen LogP contribution in [0.3, 0.4) is 0 Å². The maximum Gasteiger partial charge on any atom is 0.263 e. The minimum atomic E-state index is -0.754. The Balaban J connectivity index is 1.46. The van der Waals surface area contributed by atoms with Crippen LogP contribution in [0.5, 0.6) is 0 Å². The first kappa shape index (κ1) is 21.3. The number of aromatic nitrogens is 2. The van der Waals surface area contributed by atoms with E-state index < -0.39 is 5.54 Å². The number of amides is 1. The number of nitrogens with zero attached hydrogens (tertiary/aromatic N) is 3. The van der Waals surface area contributed by atoms with E-state index in [1.807, 2.05) is 6.07 Å². The van der Waals surface area contributed by atoms with Gasteiger partial charge in [-0.15, -0.1) is 11.3 Å². The van der Waals surface area contributed by atoms with Gasteiger partial charge in [0.1, 0.15) is 16.1 Å². The van der Waals surface area contributed by atoms with Gasteiger partial charge in [-0.1, -0.05) is 11.8 Å². The second-order valence-electron chi connectivity index (χ2n) is 8.49. The molecular weight excluding hydrogens is 444 g/mol. The molecule has 1 saturated carbocycles. The first-order valence-corrected chi connectivity index (χ1v) is 12.8. The van der Waals surface area contributed by atoms with E-state index in [-0.39, 0.29) is 23.8 Å². The van der Waals surface area contributed by atoms with Crippen molar-refractivity contribution >= 4 is 39.2 Å². The number of furan rings is 1. The lowest BCUT2D eigenvalue weighted by Gasteiger charge is -2.21. The van der Waals surface area contributed by atoms with E-state index in [1.54, 1.807) is 28.2 Å². The van der Waals surface area contributed by atoms with Crippen LogP contribution in [-0.4, -0.2) is 26.8 Å². The summed E-state index contributed by atoms with van der Waals surface area (Å²) in [4.78, 5) is 33.1. The number of aryl methyl sites for hydroxylation is 2. The van der Waals surface area contributed by atoms with E-state index in [2.05, 4.69) is 11.4 Å². The van der Waals surface area contributed by atoms with Crippen LogP contribution < -0.4 is 10.9 Å². The monoisotopic (exact) mass is 468 g/mol. The molecule has 0 saturated heterocycles. The number of thiophene rings is 1. The maximum absolute atomic E-state index is 13.6. The predicted molar refractivity (Wildman–Crippen MR) is 124 cm³/mol. The molecule has 2 aliphatic carbocycles. The van der Waals surface area contributed by atoms with Crippen molar-refractivity contribution in [2.24, 2.45) is 0 Å². The highest BCUT2D eigenvalue weighted by Crippen LogP contribution is 2.35. The number of nitriles is 1. The molecule has 1 fully saturated rings. The lowest BCUT2D eigenvalue weighted by molar-refractivity contribution is -0.119. The molecule has 1 amide bonds. The highest BCUT2D eigenvalue weighted by molar-refractivity contribution is 7.99. The van der Waals surface area contributed by atoms with E-state index in [4.69, 9.17) is 9.40 Å². The minimum Gasteiger partial charge on any atom is -0.467 e. The van der Waals surface area contributed by atoms with E-state index in [9.17, 15) is 14.9 Å². The molecule has 0 aliphatic heterocycles. The van der Waals surface area contributed by atoms with Crippen LogP contribution in [0, 0.1) is 11.3 Å². The van der Waals surface area contributed by atoms with Crippen molar-refractivity contribution in [3.63, 3.8) is 0 Å². The number of nitrogens with one attached hydrogen (secondary N) is 1. The maximum atomic E-state index is 13.6. The fourth-order valence-corrected chi connectivity index (χ4v) is 6.81. The summed E-state index contributed by atoms with van der Waals surface area (Å²) in [6.07, 6.45) is 9.00. The van der Waals surface area contributed by atoms with Gasteiger partial charge in [-0.05, 0) is 69.1 Å². The molecule has 32 heavy (non-hydrogen) atoms. The Morgan fingerprint density at radius 1 is 1.31 bits per heavy atom. The quantitative estimate of drug-likeness (QED) is 0.433. The normalized spacial score (nSPS) is 17.2. The molecule has 166 valence electrons. The molecule has 0 atom stereocenters. The predicted octanol–water partition coefficient (Wildman–Crippen LogP) is 4.02. The van der Waals surface area contributed by atoms with Gasteiger partial charge in [-0.3, -0.25) is 14.2 Å². The molecule has 3 aromatic rings. The van der Waals surface area contributed by atoms with Crippen LogP contribution in [0.25, 0.3) is 10.2 Å². The van der Waals surface area contributed by atoms with E-state index in [0.717, 1.165) is 54.3 Å². The van der Waals surface area contributed by atoms with Gasteiger partial charge in [0.2, 0.25) is 5.91 Å². The van der Waals surface area contributed by atoms with Crippen molar-refractivity contribution in [2.45, 2.75) is 68.6 Å². The number of fused-ring (bicyclic) bond motifs is 3. The Kier molecular flexibility index (Phi) is 5.82. The second kappa shape index (κ2) is 8.75. The molecule has 0 radical (unpaired) electrons. The summed E-state index contributed by atoms with van der Waals surface area (Å²) in [6.45, 7) is 0.269. The molecule has 0 spiro atoms. The van der Waals surface area contributed by atoms with Crippen molar-refractivity contribution in [3.05, 3.63) is 45.0 Å². The first-order valence-electron chi connectivity index (χ1n) is 11.0. The number of hydrogen-bond acceptors (Lipinski definition) is 7. The molecule has 0 unspecified atom stereocenters. The summed E-state index contributed by atoms with van der Waals surface area (Å²) in [5.41, 5.74) is 0.321. The van der Waals surface area contributed by atoms with Crippen LogP contribution in [-0.2, 0) is 24.2 Å². The van der Waals surface area contributed by atoms with Crippen molar-refractivity contribution in [2.75, 3.05) is 5.75 Å². The SMILES string of the molecule is N#CC1(NC(=O)CSc2nc3sc4c(c3c(=O)n2Cc2ccco2)CCCC4)CCCC1. The van der Waals surface area contributed by atoms with Crippen molar-refractivity contribution in [3.8, 4) is 6.07 Å². The Morgan fingerprint density at radius 3 is 2.88 bits per heavy atom. The third kappa shape index (κ3) is 3.97. The van der Waals surface area contributed by atoms with Crippen LogP contribution in [0.4, 0.5) is 0 Å². The highest BCUT2D eigenvalue weighted by Gasteiger charge is 2.35. The van der Waals surface area contributed by atoms with E-state index >= 15 is 0 Å². The smallest absolute Gasteiger partial charge is 0.263 e. The number of carbonyl (C=O) groups is 1. The molecule has 2 aliphatic rings. The van der Waals surface area contributed by atoms with Crippen LogP contribution >= 0.6 is 23.1 Å². The van der Waals surface area contributed by atoms with Gasteiger partial charge in [-0.25, -0.2) is 4.98 Å². The van der Waals surface area contributed by atoms with Crippen molar-refractivity contribution in [1.82, 2.24) is 14.9 Å². The fourth-order valence-electron chi connectivity index (χ4n) is 4.70. The second-order valence-corrected chi connectivity index (χ2v) is 10.5. The number of rotatable bonds is 6. The number of hydrogen-bond donors (Lipinski definition) is 1. The standard InChI is InChI=1S/C23H24N4O3S2/c24-14-23(9-3-4-10-23)26-18(28)13-31-22-25-20-19(16-7-1-2-8-17(16)32-20)21(29)27(22)12-15-6-5-11-30-15/h5-6,11H,1-4,7-10,12-13H2,(H,26,28). The topological polar surface area (TPSA) is 101 Å². The first-order chi connectivity index (χ1) is 15.6. The fraction of sp³-hybridized carbons (Fsp3) is 0.478. The highest BCUT2D eigenvalue weighted by atomic mass is 32.2. The minimum absolute atomic E-state index is 0.0713. The molecule has 7 nitrogen and oxygen atoms in total. The zero-order chi connectivity index (χ0) is 22.1. The molecule has 5 rings (SSSR count). The molecule has 9 heteroatoms. The number of thioether (sulfide) groups is 1. The van der Waals surface area contributed by atoms with Gasteiger partial charge in [-0.2, -0.15) is 5.26 Å². The van der Waals surface area contributed by atoms with Gasteiger partial charge in [0.25, 0.3) is 5.56 Å². The summed E-state index contributed by atoms with van der Waals surface area (Å²) in [5.74, 6) is 0.561. The molecule has 3 heterocycles. The lowest BCUT2D eigenvalue weighted by Crippen LogP contribution is -2.45. The molecule has 3 aromatic heterocycles. The summed E-state index contributed by atoms with van der Waals surface area (Å²) < 4.78 is 7.11. The Labute approximate surface area is 193 Å². The van der Waals surface area contributed by atoms with Gasteiger partial charge < -0.3 is 9.73 Å². The van der Waals surface area contributed by atoms with E-state index in [1.165, 1.54) is 16.6 Å². The van der Waals surface area contributed by atoms with Crippen molar-refractivity contribution < 1.29 is 9.21 Å². The Hall–Kier alpha value is -2.57. The summed E-state index contributed by atoms with van der Waals surface area (Å²) in [6, 6.07) is 5.91. The van der Waals surface area contributed by atoms with Gasteiger partial charge in [0.15, 0.2) is 5.16 Å². The molecular formula is C23H24N4O3S2. The number of carbonyl (C=O) groups excluding carboxylic acids is 1. The molecule has 0 bridgehead atoms. The van der Waals surface area contributed by atoms with E-state index in [0.29, 0.717) is 23.8 Å². The largest absolute Gasteiger partial charge is 0.467 e. The lowest BCUT2D eigenvalue weighted by atomic mass is 9.97. The average Bonchev–Trinajstić information content (AvgIpc) is 3.54. The van der Waals surface area contributed by atoms with Gasteiger partial charge in [0.05, 0.1) is 30.0 Å². The van der Waals surface area contributed by atoms with Gasteiger partial charge in [0, 0.05) is 4.88 Å². The van der Waals surface area contributed by atoms with Crippen LogP contribution in [0.1, 0.15) is 54.7 Å². The zero-order valence-corrected chi connectivity index (χ0v) is 19.3. The third-order valence-electron chi connectivity index (χ3n) is 6.32. The van der Waals surface area contributed by atoms with Crippen molar-refractivity contribution in [1.29, 1.82) is 5.26 Å². The Morgan fingerprint density at radius 2 is 2.12 bits per heavy atom. The molecule has 1 N–H and O–H groups in total.